The fourth-order valence-electron chi connectivity index (χ4n) is 5.72. The number of unbranched alkanes of at least 4 members (excludes halogenated alkanes) is 1. The number of ether oxygens (including phenoxy) is 4. The SMILES string of the molecule is CCCCC(F)[C@@H](/C=C/[C@@H]1[C@H]2C(F)[C@H](C(I)CCCC(=O)OC)O[C@@H]2C[C@H]1C)OC1CCCCO1. The average Bonchev–Trinajstić information content (AvgIpc) is 3.34. The van der Waals surface area contributed by atoms with Crippen LogP contribution in [-0.2, 0) is 23.7 Å². The van der Waals surface area contributed by atoms with Gasteiger partial charge in [0, 0.05) is 22.9 Å². The Morgan fingerprint density at radius 3 is 2.74 bits per heavy atom. The number of hydrogen-bond donors (Lipinski definition) is 0. The largest absolute Gasteiger partial charge is 0.469 e. The molecular weight excluding hydrogens is 569 g/mol. The highest BCUT2D eigenvalue weighted by Crippen LogP contribution is 2.50. The van der Waals surface area contributed by atoms with Crippen LogP contribution in [-0.4, -0.2) is 60.6 Å². The lowest BCUT2D eigenvalue weighted by Crippen LogP contribution is -2.34. The Kier molecular flexibility index (Phi) is 12.2. The molecule has 3 aliphatic rings. The van der Waals surface area contributed by atoms with Gasteiger partial charge >= 0.3 is 5.97 Å². The van der Waals surface area contributed by atoms with Crippen LogP contribution in [0.5, 0.6) is 0 Å². The molecule has 0 N–H and O–H groups in total. The molecule has 8 heteroatoms. The number of carbonyl (C=O) groups is 1. The van der Waals surface area contributed by atoms with E-state index in [4.69, 9.17) is 18.9 Å². The zero-order valence-corrected chi connectivity index (χ0v) is 23.5. The number of alkyl halides is 3. The molecule has 0 amide bonds. The molecular formula is C27H43F2IO5. The fourth-order valence-corrected chi connectivity index (χ4v) is 6.73. The summed E-state index contributed by atoms with van der Waals surface area (Å²) >= 11 is 2.26. The summed E-state index contributed by atoms with van der Waals surface area (Å²) in [5, 5.41) is 0. The van der Waals surface area contributed by atoms with Crippen LogP contribution in [0.25, 0.3) is 0 Å². The van der Waals surface area contributed by atoms with E-state index >= 15 is 8.78 Å². The smallest absolute Gasteiger partial charge is 0.305 e. The third-order valence-corrected chi connectivity index (χ3v) is 9.08. The Labute approximate surface area is 223 Å². The third kappa shape index (κ3) is 8.08. The van der Waals surface area contributed by atoms with Gasteiger partial charge in [0.2, 0.25) is 0 Å². The molecule has 2 aliphatic heterocycles. The van der Waals surface area contributed by atoms with Gasteiger partial charge in [-0.3, -0.25) is 4.79 Å². The Balaban J connectivity index is 1.63. The van der Waals surface area contributed by atoms with E-state index in [0.29, 0.717) is 32.3 Å². The molecule has 3 fully saturated rings. The van der Waals surface area contributed by atoms with Crippen LogP contribution in [0.15, 0.2) is 12.2 Å². The molecule has 0 bridgehead atoms. The molecule has 3 rings (SSSR count). The van der Waals surface area contributed by atoms with Crippen molar-refractivity contribution in [3.8, 4) is 0 Å². The lowest BCUT2D eigenvalue weighted by molar-refractivity contribution is -0.189. The zero-order valence-electron chi connectivity index (χ0n) is 21.4. The van der Waals surface area contributed by atoms with Gasteiger partial charge in [0.1, 0.15) is 24.6 Å². The molecule has 1 saturated carbocycles. The molecule has 0 radical (unpaired) electrons. The Morgan fingerprint density at radius 2 is 2.06 bits per heavy atom. The van der Waals surface area contributed by atoms with Crippen LogP contribution in [0.3, 0.4) is 0 Å². The monoisotopic (exact) mass is 612 g/mol. The van der Waals surface area contributed by atoms with Gasteiger partial charge in [-0.1, -0.05) is 61.4 Å². The van der Waals surface area contributed by atoms with Crippen LogP contribution in [0, 0.1) is 17.8 Å². The number of esters is 1. The first kappa shape index (κ1) is 29.2. The van der Waals surface area contributed by atoms with E-state index < -0.39 is 24.6 Å². The maximum absolute atomic E-state index is 15.7. The summed E-state index contributed by atoms with van der Waals surface area (Å²) in [6.07, 6.45) is 7.49. The summed E-state index contributed by atoms with van der Waals surface area (Å²) in [5.74, 6) is -0.235. The molecule has 4 unspecified atom stereocenters. The summed E-state index contributed by atoms with van der Waals surface area (Å²) in [4.78, 5) is 11.4. The van der Waals surface area contributed by atoms with E-state index in [1.165, 1.54) is 7.11 Å². The number of carbonyl (C=O) groups excluding carboxylic acids is 1. The fraction of sp³-hybridized carbons (Fsp3) is 0.889. The Morgan fingerprint density at radius 1 is 1.26 bits per heavy atom. The summed E-state index contributed by atoms with van der Waals surface area (Å²) in [6, 6.07) is 0. The predicted molar refractivity (Wildman–Crippen MR) is 140 cm³/mol. The highest BCUT2D eigenvalue weighted by atomic mass is 127. The molecule has 2 heterocycles. The zero-order chi connectivity index (χ0) is 25.4. The molecule has 0 aromatic carbocycles. The van der Waals surface area contributed by atoms with Crippen LogP contribution < -0.4 is 0 Å². The minimum Gasteiger partial charge on any atom is -0.469 e. The summed E-state index contributed by atoms with van der Waals surface area (Å²) < 4.78 is 53.5. The average molecular weight is 613 g/mol. The summed E-state index contributed by atoms with van der Waals surface area (Å²) in [5.41, 5.74) is 0. The Bertz CT molecular complexity index is 674. The van der Waals surface area contributed by atoms with Crippen molar-refractivity contribution in [1.29, 1.82) is 0 Å². The molecule has 0 aromatic heterocycles. The lowest BCUT2D eigenvalue weighted by Gasteiger charge is -2.29. The van der Waals surface area contributed by atoms with Gasteiger partial charge in [0.25, 0.3) is 0 Å². The standard InChI is InChI=1S/C27H43F2IO5/c1-4-5-9-19(28)21(34-24-12-6-7-15-33-24)14-13-18-17(2)16-22-25(18)26(29)27(35-22)20(30)10-8-11-23(31)32-3/h13-14,17-22,24-27H,4-12,15-16H2,1-3H3/b14-13+/t17-,18+,19?,20?,21-,22-,24?,25-,26?,27+/m1/s1. The van der Waals surface area contributed by atoms with E-state index in [1.54, 1.807) is 0 Å². The second kappa shape index (κ2) is 14.6. The number of fused-ring (bicyclic) bond motifs is 1. The van der Waals surface area contributed by atoms with E-state index in [2.05, 4.69) is 36.4 Å². The quantitative estimate of drug-likeness (QED) is 0.103. The number of methoxy groups -OCH3 is 1. The second-order valence-electron chi connectivity index (χ2n) is 10.4. The molecule has 10 atom stereocenters. The second-order valence-corrected chi connectivity index (χ2v) is 12.0. The van der Waals surface area contributed by atoms with E-state index in [0.717, 1.165) is 38.5 Å². The summed E-state index contributed by atoms with van der Waals surface area (Å²) in [6.45, 7) is 4.83. The minimum atomic E-state index is -1.11. The maximum Gasteiger partial charge on any atom is 0.305 e. The molecule has 0 aromatic rings. The van der Waals surface area contributed by atoms with Crippen molar-refractivity contribution in [3.05, 3.63) is 12.2 Å². The van der Waals surface area contributed by atoms with Crippen LogP contribution in [0.4, 0.5) is 8.78 Å². The minimum absolute atomic E-state index is 0.0124. The Hall–Kier alpha value is -0.320. The van der Waals surface area contributed by atoms with E-state index in [9.17, 15) is 4.79 Å². The van der Waals surface area contributed by atoms with Gasteiger partial charge < -0.3 is 18.9 Å². The van der Waals surface area contributed by atoms with Gasteiger partial charge in [0.15, 0.2) is 6.29 Å². The first-order chi connectivity index (χ1) is 16.8. The van der Waals surface area contributed by atoms with Gasteiger partial charge in [-0.05, 0) is 56.8 Å². The van der Waals surface area contributed by atoms with Crippen molar-refractivity contribution in [2.24, 2.45) is 17.8 Å². The lowest BCUT2D eigenvalue weighted by atomic mass is 9.84. The molecule has 1 aliphatic carbocycles. The van der Waals surface area contributed by atoms with Crippen molar-refractivity contribution < 1.29 is 32.5 Å². The normalized spacial score (nSPS) is 35.7. The molecule has 35 heavy (non-hydrogen) atoms. The van der Waals surface area contributed by atoms with Crippen LogP contribution in [0.1, 0.15) is 78.1 Å². The number of allylic oxidation sites excluding steroid dienone is 1. The van der Waals surface area contributed by atoms with Gasteiger partial charge in [-0.2, -0.15) is 0 Å². The molecule has 202 valence electrons. The topological polar surface area (TPSA) is 54.0 Å². The molecule has 2 saturated heterocycles. The van der Waals surface area contributed by atoms with Crippen molar-refractivity contribution in [1.82, 2.24) is 0 Å². The van der Waals surface area contributed by atoms with Crippen molar-refractivity contribution >= 4 is 28.6 Å². The number of hydrogen-bond acceptors (Lipinski definition) is 5. The van der Waals surface area contributed by atoms with Crippen molar-refractivity contribution in [3.63, 3.8) is 0 Å². The van der Waals surface area contributed by atoms with E-state index in [-0.39, 0.29) is 40.0 Å². The first-order valence-electron chi connectivity index (χ1n) is 13.5. The third-order valence-electron chi connectivity index (χ3n) is 7.75. The van der Waals surface area contributed by atoms with Gasteiger partial charge in [-0.15, -0.1) is 0 Å². The van der Waals surface area contributed by atoms with Gasteiger partial charge in [0.05, 0.1) is 13.2 Å². The number of halogens is 3. The van der Waals surface area contributed by atoms with Crippen LogP contribution in [0.2, 0.25) is 0 Å². The van der Waals surface area contributed by atoms with Crippen molar-refractivity contribution in [2.75, 3.05) is 13.7 Å². The highest BCUT2D eigenvalue weighted by molar-refractivity contribution is 14.1. The van der Waals surface area contributed by atoms with Crippen molar-refractivity contribution in [2.45, 2.75) is 119 Å². The molecule has 0 spiro atoms. The number of rotatable bonds is 13. The maximum atomic E-state index is 15.7. The van der Waals surface area contributed by atoms with E-state index in [1.807, 2.05) is 12.2 Å². The summed E-state index contributed by atoms with van der Waals surface area (Å²) in [7, 11) is 1.38. The van der Waals surface area contributed by atoms with Crippen LogP contribution >= 0.6 is 22.6 Å². The molecule has 5 nitrogen and oxygen atoms in total. The van der Waals surface area contributed by atoms with Gasteiger partial charge in [-0.25, -0.2) is 8.78 Å². The highest BCUT2D eigenvalue weighted by Gasteiger charge is 2.55. The predicted octanol–water partition coefficient (Wildman–Crippen LogP) is 6.51. The first-order valence-corrected chi connectivity index (χ1v) is 14.7.